The van der Waals surface area contributed by atoms with Crippen LogP contribution in [0.4, 0.5) is 0 Å². The SMILES string of the molecule is CCOC(=O)C1=CC(c2ccccc2OC)ON1. The molecule has 0 aromatic heterocycles. The first kappa shape index (κ1) is 12.4. The van der Waals surface area contributed by atoms with Gasteiger partial charge in [0, 0.05) is 5.56 Å². The molecule has 5 heteroatoms. The minimum absolute atomic E-state index is 0.313. The van der Waals surface area contributed by atoms with Gasteiger partial charge < -0.3 is 9.47 Å². The van der Waals surface area contributed by atoms with E-state index in [2.05, 4.69) is 5.48 Å². The van der Waals surface area contributed by atoms with Gasteiger partial charge in [-0.25, -0.2) is 4.79 Å². The van der Waals surface area contributed by atoms with Crippen molar-refractivity contribution in [3.63, 3.8) is 0 Å². The maximum absolute atomic E-state index is 11.5. The molecular weight excluding hydrogens is 234 g/mol. The van der Waals surface area contributed by atoms with Gasteiger partial charge in [0.2, 0.25) is 0 Å². The number of esters is 1. The second kappa shape index (κ2) is 5.55. The number of hydrogen-bond acceptors (Lipinski definition) is 5. The van der Waals surface area contributed by atoms with Crippen molar-refractivity contribution in [3.8, 4) is 5.75 Å². The van der Waals surface area contributed by atoms with Gasteiger partial charge in [-0.2, -0.15) is 0 Å². The van der Waals surface area contributed by atoms with Crippen molar-refractivity contribution in [1.29, 1.82) is 0 Å². The quantitative estimate of drug-likeness (QED) is 0.823. The number of nitrogens with one attached hydrogen (secondary N) is 1. The maximum Gasteiger partial charge on any atom is 0.356 e. The highest BCUT2D eigenvalue weighted by Gasteiger charge is 2.25. The molecule has 2 rings (SSSR count). The van der Waals surface area contributed by atoms with E-state index in [1.807, 2.05) is 24.3 Å². The summed E-state index contributed by atoms with van der Waals surface area (Å²) in [7, 11) is 1.59. The number of hydroxylamine groups is 1. The van der Waals surface area contributed by atoms with E-state index in [1.165, 1.54) is 0 Å². The van der Waals surface area contributed by atoms with E-state index in [0.717, 1.165) is 5.56 Å². The fraction of sp³-hybridized carbons (Fsp3) is 0.308. The summed E-state index contributed by atoms with van der Waals surface area (Å²) >= 11 is 0. The summed E-state index contributed by atoms with van der Waals surface area (Å²) in [6.07, 6.45) is 1.32. The molecule has 0 amide bonds. The van der Waals surface area contributed by atoms with Crippen molar-refractivity contribution in [1.82, 2.24) is 5.48 Å². The molecule has 1 aromatic rings. The number of carbonyl (C=O) groups excluding carboxylic acids is 1. The van der Waals surface area contributed by atoms with Gasteiger partial charge in [-0.15, -0.1) is 0 Å². The molecule has 96 valence electrons. The molecule has 0 fully saturated rings. The lowest BCUT2D eigenvalue weighted by Crippen LogP contribution is -2.17. The van der Waals surface area contributed by atoms with E-state index in [-0.39, 0.29) is 6.10 Å². The molecule has 0 aliphatic carbocycles. The van der Waals surface area contributed by atoms with Crippen LogP contribution in [0.5, 0.6) is 5.75 Å². The van der Waals surface area contributed by atoms with Crippen LogP contribution in [0.15, 0.2) is 36.0 Å². The van der Waals surface area contributed by atoms with Crippen molar-refractivity contribution in [2.24, 2.45) is 0 Å². The van der Waals surface area contributed by atoms with Crippen molar-refractivity contribution < 1.29 is 19.1 Å². The lowest BCUT2D eigenvalue weighted by Gasteiger charge is -2.11. The highest BCUT2D eigenvalue weighted by molar-refractivity contribution is 5.88. The van der Waals surface area contributed by atoms with Crippen LogP contribution in [0.25, 0.3) is 0 Å². The Morgan fingerprint density at radius 1 is 1.44 bits per heavy atom. The summed E-state index contributed by atoms with van der Waals surface area (Å²) in [4.78, 5) is 16.9. The number of methoxy groups -OCH3 is 1. The van der Waals surface area contributed by atoms with Gasteiger partial charge >= 0.3 is 5.97 Å². The van der Waals surface area contributed by atoms with E-state index in [9.17, 15) is 4.79 Å². The van der Waals surface area contributed by atoms with Gasteiger partial charge in [-0.05, 0) is 19.1 Å². The lowest BCUT2D eigenvalue weighted by molar-refractivity contribution is -0.140. The Bertz CT molecular complexity index is 470. The predicted octanol–water partition coefficient (Wildman–Crippen LogP) is 1.72. The minimum atomic E-state index is -0.421. The molecule has 0 bridgehead atoms. The predicted molar refractivity (Wildman–Crippen MR) is 64.7 cm³/mol. The van der Waals surface area contributed by atoms with Crippen molar-refractivity contribution in [2.45, 2.75) is 13.0 Å². The molecule has 0 saturated heterocycles. The second-order valence-electron chi connectivity index (χ2n) is 3.68. The summed E-state index contributed by atoms with van der Waals surface area (Å²) in [6.45, 7) is 2.09. The average Bonchev–Trinajstić information content (AvgIpc) is 2.88. The number of benzene rings is 1. The summed E-state index contributed by atoms with van der Waals surface area (Å²) < 4.78 is 10.1. The largest absolute Gasteiger partial charge is 0.496 e. The van der Waals surface area contributed by atoms with E-state index < -0.39 is 5.97 Å². The zero-order valence-corrected chi connectivity index (χ0v) is 10.3. The Labute approximate surface area is 105 Å². The molecule has 1 N–H and O–H groups in total. The van der Waals surface area contributed by atoms with Crippen LogP contribution >= 0.6 is 0 Å². The molecule has 5 nitrogen and oxygen atoms in total. The fourth-order valence-corrected chi connectivity index (χ4v) is 1.72. The minimum Gasteiger partial charge on any atom is -0.496 e. The van der Waals surface area contributed by atoms with Gasteiger partial charge in [-0.1, -0.05) is 18.2 Å². The third-order valence-electron chi connectivity index (χ3n) is 2.55. The molecule has 1 heterocycles. The third kappa shape index (κ3) is 2.46. The van der Waals surface area contributed by atoms with Crippen molar-refractivity contribution >= 4 is 5.97 Å². The lowest BCUT2D eigenvalue weighted by atomic mass is 10.1. The smallest absolute Gasteiger partial charge is 0.356 e. The number of para-hydroxylation sites is 1. The Balaban J connectivity index is 2.19. The molecule has 1 atom stereocenters. The molecular formula is C13H15NO4. The topological polar surface area (TPSA) is 56.8 Å². The highest BCUT2D eigenvalue weighted by Crippen LogP contribution is 2.31. The molecule has 1 aliphatic heterocycles. The molecule has 0 radical (unpaired) electrons. The highest BCUT2D eigenvalue weighted by atomic mass is 16.7. The zero-order valence-electron chi connectivity index (χ0n) is 10.3. The monoisotopic (exact) mass is 249 g/mol. The van der Waals surface area contributed by atoms with Crippen molar-refractivity contribution in [2.75, 3.05) is 13.7 Å². The van der Waals surface area contributed by atoms with Gasteiger partial charge in [0.1, 0.15) is 17.6 Å². The normalized spacial score (nSPS) is 17.9. The molecule has 1 aromatic carbocycles. The van der Waals surface area contributed by atoms with Crippen LogP contribution in [0, 0.1) is 0 Å². The van der Waals surface area contributed by atoms with Gasteiger partial charge in [0.25, 0.3) is 0 Å². The third-order valence-corrected chi connectivity index (χ3v) is 2.55. The molecule has 0 spiro atoms. The van der Waals surface area contributed by atoms with E-state index in [4.69, 9.17) is 14.3 Å². The number of hydrogen-bond donors (Lipinski definition) is 1. The van der Waals surface area contributed by atoms with Crippen LogP contribution < -0.4 is 10.2 Å². The summed E-state index contributed by atoms with van der Waals surface area (Å²) in [6, 6.07) is 7.49. The van der Waals surface area contributed by atoms with Crippen LogP contribution in [-0.4, -0.2) is 19.7 Å². The molecule has 18 heavy (non-hydrogen) atoms. The van der Waals surface area contributed by atoms with Crippen LogP contribution in [0.3, 0.4) is 0 Å². The van der Waals surface area contributed by atoms with Gasteiger partial charge in [0.15, 0.2) is 0 Å². The van der Waals surface area contributed by atoms with E-state index in [1.54, 1.807) is 20.1 Å². The van der Waals surface area contributed by atoms with Gasteiger partial charge in [-0.3, -0.25) is 10.3 Å². The molecule has 0 saturated carbocycles. The average molecular weight is 249 g/mol. The standard InChI is InChI=1S/C13H15NO4/c1-3-17-13(15)10-8-12(18-14-10)9-6-4-5-7-11(9)16-2/h4-8,12,14H,3H2,1-2H3. The summed E-state index contributed by atoms with van der Waals surface area (Å²) in [5.41, 5.74) is 3.74. The number of rotatable bonds is 4. The van der Waals surface area contributed by atoms with E-state index in [0.29, 0.717) is 18.1 Å². The number of ether oxygens (including phenoxy) is 2. The zero-order chi connectivity index (χ0) is 13.0. The first-order valence-corrected chi connectivity index (χ1v) is 5.69. The Hall–Kier alpha value is -2.01. The van der Waals surface area contributed by atoms with Gasteiger partial charge in [0.05, 0.1) is 13.7 Å². The van der Waals surface area contributed by atoms with E-state index >= 15 is 0 Å². The second-order valence-corrected chi connectivity index (χ2v) is 3.68. The molecule has 1 aliphatic rings. The van der Waals surface area contributed by atoms with Crippen LogP contribution in [-0.2, 0) is 14.4 Å². The molecule has 1 unspecified atom stereocenters. The maximum atomic E-state index is 11.5. The number of carbonyl (C=O) groups is 1. The summed E-state index contributed by atoms with van der Waals surface area (Å²) in [5.74, 6) is 0.292. The summed E-state index contributed by atoms with van der Waals surface area (Å²) in [5, 5.41) is 0. The first-order valence-electron chi connectivity index (χ1n) is 5.69. The Morgan fingerprint density at radius 3 is 2.94 bits per heavy atom. The fourth-order valence-electron chi connectivity index (χ4n) is 1.72. The van der Waals surface area contributed by atoms with Crippen LogP contribution in [0.2, 0.25) is 0 Å². The Morgan fingerprint density at radius 2 is 2.22 bits per heavy atom. The first-order chi connectivity index (χ1) is 8.76. The Kier molecular flexibility index (Phi) is 3.84. The van der Waals surface area contributed by atoms with Crippen molar-refractivity contribution in [3.05, 3.63) is 41.6 Å². The van der Waals surface area contributed by atoms with Crippen LogP contribution in [0.1, 0.15) is 18.6 Å².